The molecule has 0 saturated heterocycles. The highest BCUT2D eigenvalue weighted by Crippen LogP contribution is 2.33. The first-order valence-corrected chi connectivity index (χ1v) is 5.69. The number of ketones is 1. The van der Waals surface area contributed by atoms with E-state index in [4.69, 9.17) is 0 Å². The van der Waals surface area contributed by atoms with Crippen LogP contribution >= 0.6 is 27.7 Å². The molecule has 0 amide bonds. The van der Waals surface area contributed by atoms with E-state index < -0.39 is 0 Å². The topological polar surface area (TPSA) is 17.1 Å². The van der Waals surface area contributed by atoms with Crippen LogP contribution in [-0.2, 0) is 0 Å². The average Bonchev–Trinajstić information content (AvgIpc) is 2.12. The molecule has 0 aliphatic carbocycles. The zero-order chi connectivity index (χ0) is 9.42. The fraction of sp³-hybridized carbons (Fsp3) is 0.222. The number of hydrogen-bond acceptors (Lipinski definition) is 2. The normalized spacial score (nSPS) is 21.4. The Labute approximate surface area is 87.8 Å². The Balaban J connectivity index is 2.50. The smallest absolute Gasteiger partial charge is 0.178 e. The summed E-state index contributed by atoms with van der Waals surface area (Å²) in [5, 5.41) is 0. The van der Waals surface area contributed by atoms with Gasteiger partial charge in [-0.1, -0.05) is 15.9 Å². The standard InChI is InChI=1S/C9H6BrFOS/c10-7-4-13-8-3-5(11)1-2-6(8)9(7)12/h1-3,7H,4H2. The summed E-state index contributed by atoms with van der Waals surface area (Å²) in [5.74, 6) is 0.441. The number of carbonyl (C=O) groups is 1. The first kappa shape index (κ1) is 9.21. The maximum Gasteiger partial charge on any atom is 0.178 e. The van der Waals surface area contributed by atoms with Gasteiger partial charge < -0.3 is 0 Å². The lowest BCUT2D eigenvalue weighted by Crippen LogP contribution is -2.21. The van der Waals surface area contributed by atoms with Gasteiger partial charge in [-0.25, -0.2) is 4.39 Å². The highest BCUT2D eigenvalue weighted by Gasteiger charge is 2.25. The van der Waals surface area contributed by atoms with Crippen molar-refractivity contribution in [1.29, 1.82) is 0 Å². The number of carbonyl (C=O) groups excluding carboxylic acids is 1. The molecule has 1 aliphatic rings. The van der Waals surface area contributed by atoms with Crippen LogP contribution in [0.15, 0.2) is 23.1 Å². The van der Waals surface area contributed by atoms with E-state index in [0.717, 1.165) is 4.90 Å². The zero-order valence-electron chi connectivity index (χ0n) is 6.59. The second-order valence-corrected chi connectivity index (χ2v) is 4.95. The monoisotopic (exact) mass is 260 g/mol. The minimum absolute atomic E-state index is 0.0498. The lowest BCUT2D eigenvalue weighted by atomic mass is 10.1. The lowest BCUT2D eigenvalue weighted by Gasteiger charge is -2.17. The van der Waals surface area contributed by atoms with Crippen LogP contribution in [0.5, 0.6) is 0 Å². The van der Waals surface area contributed by atoms with Crippen molar-refractivity contribution in [1.82, 2.24) is 0 Å². The first-order chi connectivity index (χ1) is 6.18. The van der Waals surface area contributed by atoms with Crippen LogP contribution in [-0.4, -0.2) is 16.4 Å². The van der Waals surface area contributed by atoms with Crippen LogP contribution in [0.25, 0.3) is 0 Å². The minimum atomic E-state index is -0.285. The van der Waals surface area contributed by atoms with Crippen molar-refractivity contribution in [3.63, 3.8) is 0 Å². The van der Waals surface area contributed by atoms with Crippen LogP contribution in [0, 0.1) is 5.82 Å². The summed E-state index contributed by atoms with van der Waals surface area (Å²) in [6.45, 7) is 0. The number of alkyl halides is 1. The van der Waals surface area contributed by atoms with Gasteiger partial charge in [-0.2, -0.15) is 0 Å². The van der Waals surface area contributed by atoms with Gasteiger partial charge in [0.15, 0.2) is 5.78 Å². The Morgan fingerprint density at radius 2 is 2.31 bits per heavy atom. The molecule has 0 fully saturated rings. The molecule has 0 radical (unpaired) electrons. The molecule has 0 saturated carbocycles. The minimum Gasteiger partial charge on any atom is -0.293 e. The van der Waals surface area contributed by atoms with Gasteiger partial charge in [0.25, 0.3) is 0 Å². The van der Waals surface area contributed by atoms with E-state index in [-0.39, 0.29) is 16.4 Å². The third-order valence-corrected chi connectivity index (χ3v) is 4.20. The molecule has 4 heteroatoms. The summed E-state index contributed by atoms with van der Waals surface area (Å²) >= 11 is 4.78. The van der Waals surface area contributed by atoms with Crippen LogP contribution < -0.4 is 0 Å². The fourth-order valence-corrected chi connectivity index (χ4v) is 2.87. The zero-order valence-corrected chi connectivity index (χ0v) is 8.99. The van der Waals surface area contributed by atoms with E-state index in [1.807, 2.05) is 0 Å². The van der Waals surface area contributed by atoms with Gasteiger partial charge >= 0.3 is 0 Å². The number of fused-ring (bicyclic) bond motifs is 1. The average molecular weight is 261 g/mol. The SMILES string of the molecule is O=C1c2ccc(F)cc2SCC1Br. The van der Waals surface area contributed by atoms with E-state index in [1.165, 1.54) is 23.9 Å². The van der Waals surface area contributed by atoms with Gasteiger partial charge in [-0.05, 0) is 18.2 Å². The second kappa shape index (κ2) is 3.42. The van der Waals surface area contributed by atoms with Crippen molar-refractivity contribution >= 4 is 33.5 Å². The molecule has 1 nitrogen and oxygen atoms in total. The Morgan fingerprint density at radius 3 is 3.08 bits per heavy atom. The van der Waals surface area contributed by atoms with Crippen LogP contribution in [0.2, 0.25) is 0 Å². The molecule has 1 heterocycles. The number of hydrogen-bond donors (Lipinski definition) is 0. The number of halogens is 2. The van der Waals surface area contributed by atoms with Crippen LogP contribution in [0.4, 0.5) is 4.39 Å². The molecule has 13 heavy (non-hydrogen) atoms. The second-order valence-electron chi connectivity index (χ2n) is 2.78. The van der Waals surface area contributed by atoms with E-state index in [9.17, 15) is 9.18 Å². The van der Waals surface area contributed by atoms with Crippen molar-refractivity contribution in [3.8, 4) is 0 Å². The Kier molecular flexibility index (Phi) is 2.43. The summed E-state index contributed by atoms with van der Waals surface area (Å²) in [7, 11) is 0. The van der Waals surface area contributed by atoms with Gasteiger partial charge in [0.05, 0.1) is 4.83 Å². The van der Waals surface area contributed by atoms with Crippen molar-refractivity contribution in [2.75, 3.05) is 5.75 Å². The molecule has 2 rings (SSSR count). The predicted molar refractivity (Wildman–Crippen MR) is 54.2 cm³/mol. The molecule has 1 aliphatic heterocycles. The third kappa shape index (κ3) is 1.65. The van der Waals surface area contributed by atoms with Crippen molar-refractivity contribution in [2.24, 2.45) is 0 Å². The highest BCUT2D eigenvalue weighted by molar-refractivity contribution is 9.10. The van der Waals surface area contributed by atoms with E-state index in [2.05, 4.69) is 15.9 Å². The molecule has 68 valence electrons. The maximum absolute atomic E-state index is 12.8. The van der Waals surface area contributed by atoms with Crippen LogP contribution in [0.1, 0.15) is 10.4 Å². The lowest BCUT2D eigenvalue weighted by molar-refractivity contribution is 0.0992. The van der Waals surface area contributed by atoms with Gasteiger partial charge in [0.1, 0.15) is 5.82 Å². The molecule has 1 aromatic rings. The predicted octanol–water partition coefficient (Wildman–Crippen LogP) is 2.88. The Morgan fingerprint density at radius 1 is 1.54 bits per heavy atom. The van der Waals surface area contributed by atoms with Gasteiger partial charge in [-0.3, -0.25) is 4.79 Å². The summed E-state index contributed by atoms with van der Waals surface area (Å²) in [6.07, 6.45) is 0. The molecular formula is C9H6BrFOS. The molecule has 0 spiro atoms. The molecule has 0 bridgehead atoms. The number of thioether (sulfide) groups is 1. The highest BCUT2D eigenvalue weighted by atomic mass is 79.9. The number of rotatable bonds is 0. The van der Waals surface area contributed by atoms with Gasteiger partial charge in [-0.15, -0.1) is 11.8 Å². The van der Waals surface area contributed by atoms with Gasteiger partial charge in [0, 0.05) is 16.2 Å². The summed E-state index contributed by atoms with van der Waals surface area (Å²) in [5.41, 5.74) is 0.625. The Hall–Kier alpha value is -0.350. The molecule has 1 atom stereocenters. The van der Waals surface area contributed by atoms with Crippen LogP contribution in [0.3, 0.4) is 0 Å². The molecule has 0 aromatic heterocycles. The van der Waals surface area contributed by atoms with Gasteiger partial charge in [0.2, 0.25) is 0 Å². The first-order valence-electron chi connectivity index (χ1n) is 3.79. The van der Waals surface area contributed by atoms with E-state index >= 15 is 0 Å². The largest absolute Gasteiger partial charge is 0.293 e. The summed E-state index contributed by atoms with van der Waals surface area (Å²) < 4.78 is 12.8. The molecule has 1 aromatic carbocycles. The Bertz CT molecular complexity index is 367. The summed E-state index contributed by atoms with van der Waals surface area (Å²) in [6, 6.07) is 4.28. The molecule has 1 unspecified atom stereocenters. The summed E-state index contributed by atoms with van der Waals surface area (Å²) in [4.78, 5) is 12.2. The third-order valence-electron chi connectivity index (χ3n) is 1.88. The van der Waals surface area contributed by atoms with Crippen molar-refractivity contribution < 1.29 is 9.18 Å². The van der Waals surface area contributed by atoms with Crippen molar-refractivity contribution in [3.05, 3.63) is 29.6 Å². The quantitative estimate of drug-likeness (QED) is 0.668. The number of Topliss-reactive ketones (excluding diaryl/α,β-unsaturated/α-hetero) is 1. The van der Waals surface area contributed by atoms with E-state index in [0.29, 0.717) is 11.3 Å². The molecule has 0 N–H and O–H groups in total. The fourth-order valence-electron chi connectivity index (χ4n) is 1.23. The van der Waals surface area contributed by atoms with Crippen molar-refractivity contribution in [2.45, 2.75) is 9.72 Å². The number of benzene rings is 1. The van der Waals surface area contributed by atoms with E-state index in [1.54, 1.807) is 6.07 Å². The molecular weight excluding hydrogens is 255 g/mol. The maximum atomic E-state index is 12.8.